The van der Waals surface area contributed by atoms with Crippen molar-refractivity contribution in [2.24, 2.45) is 0 Å². The summed E-state index contributed by atoms with van der Waals surface area (Å²) in [5.41, 5.74) is 4.90. The first-order valence-corrected chi connectivity index (χ1v) is 10.5. The van der Waals surface area contributed by atoms with Crippen molar-refractivity contribution in [1.82, 2.24) is 5.32 Å². The predicted octanol–water partition coefficient (Wildman–Crippen LogP) is 3.75. The molecule has 0 aliphatic rings. The first kappa shape index (κ1) is 20.2. The van der Waals surface area contributed by atoms with Crippen LogP contribution in [0.3, 0.4) is 0 Å². The molecule has 26 heavy (non-hydrogen) atoms. The Morgan fingerprint density at radius 2 is 1.85 bits per heavy atom. The van der Waals surface area contributed by atoms with E-state index in [1.54, 1.807) is 18.2 Å². The van der Waals surface area contributed by atoms with Crippen molar-refractivity contribution in [2.45, 2.75) is 26.8 Å². The van der Waals surface area contributed by atoms with E-state index in [0.717, 1.165) is 5.69 Å². The van der Waals surface area contributed by atoms with Crippen LogP contribution in [0.15, 0.2) is 42.5 Å². The van der Waals surface area contributed by atoms with Gasteiger partial charge in [0.05, 0.1) is 18.0 Å². The van der Waals surface area contributed by atoms with Crippen molar-refractivity contribution < 1.29 is 8.42 Å². The Balaban J connectivity index is 2.09. The second-order valence-corrected chi connectivity index (χ2v) is 8.88. The monoisotopic (exact) mass is 391 g/mol. The Bertz CT molecular complexity index is 911. The van der Waals surface area contributed by atoms with Crippen molar-refractivity contribution in [3.8, 4) is 0 Å². The predicted molar refractivity (Wildman–Crippen MR) is 113 cm³/mol. The molecular formula is C19H25N3O2S2. The fourth-order valence-corrected chi connectivity index (χ4v) is 3.43. The zero-order valence-corrected chi connectivity index (χ0v) is 17.3. The lowest BCUT2D eigenvalue weighted by molar-refractivity contribution is 0.600. The minimum absolute atomic E-state index is 0.0526. The molecule has 0 bridgehead atoms. The van der Waals surface area contributed by atoms with Gasteiger partial charge >= 0.3 is 0 Å². The van der Waals surface area contributed by atoms with Gasteiger partial charge in [0, 0.05) is 12.7 Å². The highest BCUT2D eigenvalue weighted by molar-refractivity contribution is 7.92. The molecular weight excluding hydrogens is 366 g/mol. The van der Waals surface area contributed by atoms with Crippen LogP contribution < -0.4 is 14.9 Å². The molecule has 2 aromatic rings. The number of sulfonamides is 1. The van der Waals surface area contributed by atoms with E-state index in [4.69, 9.17) is 12.2 Å². The Labute approximate surface area is 161 Å². The zero-order chi connectivity index (χ0) is 19.5. The molecule has 2 rings (SSSR count). The van der Waals surface area contributed by atoms with Gasteiger partial charge in [-0.25, -0.2) is 8.42 Å². The van der Waals surface area contributed by atoms with Crippen LogP contribution in [0, 0.1) is 13.8 Å². The maximum Gasteiger partial charge on any atom is 0.231 e. The number of thiocarbonyl (C=S) groups is 1. The molecule has 0 saturated heterocycles. The SMILES string of the molecule is Cc1ccc(C)c([C@H](C)NC(=S)Nc2cccc(N(C)S(C)(=O)=O)c2)c1. The highest BCUT2D eigenvalue weighted by Gasteiger charge is 2.13. The third-order valence-electron chi connectivity index (χ3n) is 4.21. The molecule has 1 atom stereocenters. The summed E-state index contributed by atoms with van der Waals surface area (Å²) in [7, 11) is -1.79. The molecule has 0 spiro atoms. The first-order valence-electron chi connectivity index (χ1n) is 8.26. The third-order valence-corrected chi connectivity index (χ3v) is 5.64. The number of aryl methyl sites for hydroxylation is 2. The maximum atomic E-state index is 11.7. The number of nitrogens with zero attached hydrogens (tertiary/aromatic N) is 1. The van der Waals surface area contributed by atoms with Crippen LogP contribution in [0.5, 0.6) is 0 Å². The average molecular weight is 392 g/mol. The minimum Gasteiger partial charge on any atom is -0.356 e. The molecule has 2 N–H and O–H groups in total. The van der Waals surface area contributed by atoms with Crippen LogP contribution >= 0.6 is 12.2 Å². The van der Waals surface area contributed by atoms with Crippen molar-refractivity contribution in [3.63, 3.8) is 0 Å². The molecule has 0 saturated carbocycles. The van der Waals surface area contributed by atoms with Crippen molar-refractivity contribution >= 4 is 38.7 Å². The number of anilines is 2. The van der Waals surface area contributed by atoms with Gasteiger partial charge in [-0.2, -0.15) is 0 Å². The van der Waals surface area contributed by atoms with E-state index in [1.807, 2.05) is 6.07 Å². The molecule has 0 aromatic heterocycles. The second-order valence-electron chi connectivity index (χ2n) is 6.46. The van der Waals surface area contributed by atoms with Gasteiger partial charge < -0.3 is 10.6 Å². The van der Waals surface area contributed by atoms with Crippen LogP contribution in [0.25, 0.3) is 0 Å². The topological polar surface area (TPSA) is 61.4 Å². The van der Waals surface area contributed by atoms with Crippen LogP contribution in [0.1, 0.15) is 29.7 Å². The summed E-state index contributed by atoms with van der Waals surface area (Å²) >= 11 is 5.42. The Kier molecular flexibility index (Phi) is 6.26. The lowest BCUT2D eigenvalue weighted by Crippen LogP contribution is -2.31. The Morgan fingerprint density at radius 3 is 2.50 bits per heavy atom. The minimum atomic E-state index is -3.31. The number of rotatable bonds is 5. The van der Waals surface area contributed by atoms with E-state index in [0.29, 0.717) is 10.8 Å². The quantitative estimate of drug-likeness (QED) is 0.760. The molecule has 2 aromatic carbocycles. The smallest absolute Gasteiger partial charge is 0.231 e. The van der Waals surface area contributed by atoms with Crippen molar-refractivity contribution in [3.05, 3.63) is 59.2 Å². The summed E-state index contributed by atoms with van der Waals surface area (Å²) < 4.78 is 24.6. The summed E-state index contributed by atoms with van der Waals surface area (Å²) in [5, 5.41) is 6.89. The molecule has 0 aliphatic heterocycles. The Morgan fingerprint density at radius 1 is 1.15 bits per heavy atom. The van der Waals surface area contributed by atoms with E-state index in [9.17, 15) is 8.42 Å². The van der Waals surface area contributed by atoms with E-state index >= 15 is 0 Å². The van der Waals surface area contributed by atoms with Crippen molar-refractivity contribution in [2.75, 3.05) is 22.9 Å². The zero-order valence-electron chi connectivity index (χ0n) is 15.7. The summed E-state index contributed by atoms with van der Waals surface area (Å²) in [5.74, 6) is 0. The van der Waals surface area contributed by atoms with Crippen LogP contribution in [0.2, 0.25) is 0 Å². The molecule has 0 heterocycles. The van der Waals surface area contributed by atoms with Crippen LogP contribution in [-0.4, -0.2) is 26.8 Å². The lowest BCUT2D eigenvalue weighted by atomic mass is 10.0. The Hall–Kier alpha value is -2.12. The number of benzene rings is 2. The lowest BCUT2D eigenvalue weighted by Gasteiger charge is -2.21. The van der Waals surface area contributed by atoms with Gasteiger partial charge in [0.15, 0.2) is 5.11 Å². The molecule has 140 valence electrons. The van der Waals surface area contributed by atoms with Gasteiger partial charge in [0.1, 0.15) is 0 Å². The third kappa shape index (κ3) is 5.19. The molecule has 7 heteroatoms. The molecule has 5 nitrogen and oxygen atoms in total. The highest BCUT2D eigenvalue weighted by Crippen LogP contribution is 2.21. The number of hydrogen-bond donors (Lipinski definition) is 2. The summed E-state index contributed by atoms with van der Waals surface area (Å²) in [6.45, 7) is 6.20. The average Bonchev–Trinajstić information content (AvgIpc) is 2.55. The highest BCUT2D eigenvalue weighted by atomic mass is 32.2. The molecule has 0 amide bonds. The van der Waals surface area contributed by atoms with Gasteiger partial charge in [0.25, 0.3) is 0 Å². The van der Waals surface area contributed by atoms with E-state index in [2.05, 4.69) is 49.6 Å². The largest absolute Gasteiger partial charge is 0.356 e. The van der Waals surface area contributed by atoms with E-state index < -0.39 is 10.0 Å². The van der Waals surface area contributed by atoms with Gasteiger partial charge in [-0.15, -0.1) is 0 Å². The normalized spacial score (nSPS) is 12.3. The molecule has 0 aliphatic carbocycles. The first-order chi connectivity index (χ1) is 12.1. The van der Waals surface area contributed by atoms with Gasteiger partial charge in [-0.3, -0.25) is 4.31 Å². The van der Waals surface area contributed by atoms with Gasteiger partial charge in [0.2, 0.25) is 10.0 Å². The van der Waals surface area contributed by atoms with E-state index in [1.165, 1.54) is 34.3 Å². The molecule has 0 radical (unpaired) electrons. The number of hydrogen-bond acceptors (Lipinski definition) is 3. The van der Waals surface area contributed by atoms with Crippen LogP contribution in [-0.2, 0) is 10.0 Å². The second kappa shape index (κ2) is 8.05. The summed E-state index contributed by atoms with van der Waals surface area (Å²) in [6.07, 6.45) is 1.17. The maximum absolute atomic E-state index is 11.7. The van der Waals surface area contributed by atoms with Gasteiger partial charge in [-0.05, 0) is 62.3 Å². The summed E-state index contributed by atoms with van der Waals surface area (Å²) in [6, 6.07) is 13.5. The van der Waals surface area contributed by atoms with Crippen LogP contribution in [0.4, 0.5) is 11.4 Å². The van der Waals surface area contributed by atoms with E-state index in [-0.39, 0.29) is 6.04 Å². The standard InChI is InChI=1S/C19H25N3O2S2/c1-13-9-10-14(2)18(11-13)15(3)20-19(25)21-16-7-6-8-17(12-16)22(4)26(5,23)24/h6-12,15H,1-5H3,(H2,20,21,25)/t15-/m0/s1. The van der Waals surface area contributed by atoms with Crippen molar-refractivity contribution in [1.29, 1.82) is 0 Å². The summed E-state index contributed by atoms with van der Waals surface area (Å²) in [4.78, 5) is 0. The molecule has 0 fully saturated rings. The fourth-order valence-electron chi connectivity index (χ4n) is 2.64. The molecule has 0 unspecified atom stereocenters. The van der Waals surface area contributed by atoms with Gasteiger partial charge in [-0.1, -0.05) is 29.8 Å². The number of nitrogens with one attached hydrogen (secondary N) is 2. The fraction of sp³-hybridized carbons (Fsp3) is 0.316.